The van der Waals surface area contributed by atoms with Crippen molar-refractivity contribution in [2.45, 2.75) is 19.8 Å². The topological polar surface area (TPSA) is 80.7 Å². The third kappa shape index (κ3) is 4.67. The van der Waals surface area contributed by atoms with E-state index in [1.54, 1.807) is 18.6 Å². The van der Waals surface area contributed by atoms with Gasteiger partial charge in [-0.2, -0.15) is 0 Å². The van der Waals surface area contributed by atoms with Gasteiger partial charge in [0.25, 0.3) is 0 Å². The molecule has 1 N–H and O–H groups in total. The molecule has 0 aliphatic carbocycles. The second kappa shape index (κ2) is 8.10. The molecule has 0 aliphatic heterocycles. The molecule has 0 spiro atoms. The van der Waals surface area contributed by atoms with Gasteiger partial charge in [-0.1, -0.05) is 6.07 Å². The molecule has 0 aromatic carbocycles. The Balaban J connectivity index is 1.63. The lowest BCUT2D eigenvalue weighted by Crippen LogP contribution is -2.27. The highest BCUT2D eigenvalue weighted by molar-refractivity contribution is 5.78. The van der Waals surface area contributed by atoms with E-state index in [-0.39, 0.29) is 12.3 Å². The zero-order valence-corrected chi connectivity index (χ0v) is 14.0. The van der Waals surface area contributed by atoms with E-state index in [9.17, 15) is 4.79 Å². The van der Waals surface area contributed by atoms with Crippen molar-refractivity contribution in [3.05, 3.63) is 72.3 Å². The number of aryl methyl sites for hydroxylation is 1. The van der Waals surface area contributed by atoms with Gasteiger partial charge in [0.05, 0.1) is 12.1 Å². The zero-order chi connectivity index (χ0) is 17.5. The fourth-order valence-corrected chi connectivity index (χ4v) is 2.53. The van der Waals surface area contributed by atoms with E-state index in [0.717, 1.165) is 22.5 Å². The monoisotopic (exact) mass is 333 g/mol. The van der Waals surface area contributed by atoms with Crippen molar-refractivity contribution < 1.29 is 4.79 Å². The van der Waals surface area contributed by atoms with Crippen molar-refractivity contribution >= 4 is 5.91 Å². The Hall–Kier alpha value is -3.15. The molecule has 126 valence electrons. The number of aromatic nitrogens is 4. The molecule has 6 nitrogen and oxygen atoms in total. The zero-order valence-electron chi connectivity index (χ0n) is 14.0. The highest BCUT2D eigenvalue weighted by Crippen LogP contribution is 2.21. The van der Waals surface area contributed by atoms with E-state index in [1.807, 2.05) is 43.5 Å². The van der Waals surface area contributed by atoms with Gasteiger partial charge in [-0.15, -0.1) is 0 Å². The SMILES string of the molecule is Cc1ncc(-c2ccncc2)c(CCNC(=O)Cc2ccccn2)n1. The highest BCUT2D eigenvalue weighted by Gasteiger charge is 2.09. The third-order valence-electron chi connectivity index (χ3n) is 3.73. The van der Waals surface area contributed by atoms with Crippen LogP contribution in [0, 0.1) is 6.92 Å². The van der Waals surface area contributed by atoms with Gasteiger partial charge < -0.3 is 5.32 Å². The van der Waals surface area contributed by atoms with Gasteiger partial charge in [-0.3, -0.25) is 14.8 Å². The maximum Gasteiger partial charge on any atom is 0.226 e. The van der Waals surface area contributed by atoms with Crippen LogP contribution >= 0.6 is 0 Å². The fourth-order valence-electron chi connectivity index (χ4n) is 2.53. The van der Waals surface area contributed by atoms with Crippen molar-refractivity contribution in [1.29, 1.82) is 0 Å². The second-order valence-electron chi connectivity index (χ2n) is 5.61. The van der Waals surface area contributed by atoms with Crippen LogP contribution in [0.5, 0.6) is 0 Å². The summed E-state index contributed by atoms with van der Waals surface area (Å²) >= 11 is 0. The van der Waals surface area contributed by atoms with Gasteiger partial charge in [0, 0.05) is 49.0 Å². The van der Waals surface area contributed by atoms with Gasteiger partial charge in [0.15, 0.2) is 0 Å². The summed E-state index contributed by atoms with van der Waals surface area (Å²) in [6.45, 7) is 2.37. The molecule has 0 aliphatic rings. The number of rotatable bonds is 6. The van der Waals surface area contributed by atoms with Crippen LogP contribution in [0.15, 0.2) is 55.1 Å². The number of hydrogen-bond acceptors (Lipinski definition) is 5. The maximum atomic E-state index is 12.0. The lowest BCUT2D eigenvalue weighted by Gasteiger charge is -2.10. The van der Waals surface area contributed by atoms with Crippen LogP contribution in [-0.4, -0.2) is 32.4 Å². The first-order chi connectivity index (χ1) is 12.2. The van der Waals surface area contributed by atoms with Gasteiger partial charge in [-0.25, -0.2) is 9.97 Å². The molecule has 0 saturated carbocycles. The average Bonchev–Trinajstić information content (AvgIpc) is 2.63. The molecule has 0 bridgehead atoms. The van der Waals surface area contributed by atoms with Crippen molar-refractivity contribution in [3.63, 3.8) is 0 Å². The van der Waals surface area contributed by atoms with Gasteiger partial charge in [0.1, 0.15) is 5.82 Å². The van der Waals surface area contributed by atoms with E-state index in [1.165, 1.54) is 0 Å². The number of pyridine rings is 2. The van der Waals surface area contributed by atoms with Crippen molar-refractivity contribution in [2.24, 2.45) is 0 Å². The van der Waals surface area contributed by atoms with Crippen molar-refractivity contribution in [1.82, 2.24) is 25.3 Å². The first-order valence-electron chi connectivity index (χ1n) is 8.12. The summed E-state index contributed by atoms with van der Waals surface area (Å²) in [5.41, 5.74) is 3.66. The third-order valence-corrected chi connectivity index (χ3v) is 3.73. The molecule has 3 heterocycles. The Labute approximate surface area is 146 Å². The van der Waals surface area contributed by atoms with E-state index in [4.69, 9.17) is 0 Å². The first kappa shape index (κ1) is 16.7. The molecule has 25 heavy (non-hydrogen) atoms. The van der Waals surface area contributed by atoms with E-state index in [0.29, 0.717) is 18.8 Å². The first-order valence-corrected chi connectivity index (χ1v) is 8.12. The molecule has 0 radical (unpaired) electrons. The Morgan fingerprint density at radius 1 is 1.08 bits per heavy atom. The van der Waals surface area contributed by atoms with Crippen LogP contribution in [-0.2, 0) is 17.6 Å². The summed E-state index contributed by atoms with van der Waals surface area (Å²) in [5.74, 6) is 0.669. The summed E-state index contributed by atoms with van der Waals surface area (Å²) in [6, 6.07) is 9.41. The van der Waals surface area contributed by atoms with E-state index >= 15 is 0 Å². The highest BCUT2D eigenvalue weighted by atomic mass is 16.1. The minimum Gasteiger partial charge on any atom is -0.355 e. The summed E-state index contributed by atoms with van der Waals surface area (Å²) in [5, 5.41) is 2.93. The molecule has 0 saturated heterocycles. The van der Waals surface area contributed by atoms with E-state index < -0.39 is 0 Å². The maximum absolute atomic E-state index is 12.0. The van der Waals surface area contributed by atoms with Crippen LogP contribution in [0.1, 0.15) is 17.2 Å². The molecule has 3 aromatic heterocycles. The van der Waals surface area contributed by atoms with Crippen molar-refractivity contribution in [3.8, 4) is 11.1 Å². The van der Waals surface area contributed by atoms with Crippen molar-refractivity contribution in [2.75, 3.05) is 6.54 Å². The Bertz CT molecular complexity index is 837. The summed E-state index contributed by atoms with van der Waals surface area (Å²) in [7, 11) is 0. The molecule has 0 atom stereocenters. The summed E-state index contributed by atoms with van der Waals surface area (Å²) in [6.07, 6.45) is 7.91. The molecule has 0 fully saturated rings. The molecule has 6 heteroatoms. The Kier molecular flexibility index (Phi) is 5.41. The quantitative estimate of drug-likeness (QED) is 0.747. The lowest BCUT2D eigenvalue weighted by molar-refractivity contribution is -0.120. The van der Waals surface area contributed by atoms with Gasteiger partial charge in [-0.05, 0) is 36.8 Å². The molecule has 1 amide bonds. The number of nitrogens with one attached hydrogen (secondary N) is 1. The van der Waals surface area contributed by atoms with Crippen LogP contribution < -0.4 is 5.32 Å². The Morgan fingerprint density at radius 2 is 1.92 bits per heavy atom. The molecular formula is C19H19N5O. The minimum absolute atomic E-state index is 0.0464. The predicted molar refractivity (Wildman–Crippen MR) is 94.7 cm³/mol. The second-order valence-corrected chi connectivity index (χ2v) is 5.61. The number of carbonyl (C=O) groups excluding carboxylic acids is 1. The molecular weight excluding hydrogens is 314 g/mol. The summed E-state index contributed by atoms with van der Waals surface area (Å²) < 4.78 is 0. The van der Waals surface area contributed by atoms with Gasteiger partial charge >= 0.3 is 0 Å². The standard InChI is InChI=1S/C19H19N5O/c1-14-23-13-17(15-5-9-20-10-6-15)18(24-14)7-11-22-19(25)12-16-4-2-3-8-21-16/h2-6,8-10,13H,7,11-12H2,1H3,(H,22,25). The summed E-state index contributed by atoms with van der Waals surface area (Å²) in [4.78, 5) is 29.1. The number of hydrogen-bond donors (Lipinski definition) is 1. The van der Waals surface area contributed by atoms with Crippen LogP contribution in [0.2, 0.25) is 0 Å². The predicted octanol–water partition coefficient (Wildman–Crippen LogP) is 2.14. The Morgan fingerprint density at radius 3 is 2.68 bits per heavy atom. The number of amides is 1. The van der Waals surface area contributed by atoms with Gasteiger partial charge in [0.2, 0.25) is 5.91 Å². The minimum atomic E-state index is -0.0464. The fraction of sp³-hybridized carbons (Fsp3) is 0.211. The average molecular weight is 333 g/mol. The van der Waals surface area contributed by atoms with Crippen LogP contribution in [0.25, 0.3) is 11.1 Å². The molecule has 3 aromatic rings. The lowest BCUT2D eigenvalue weighted by atomic mass is 10.1. The van der Waals surface area contributed by atoms with E-state index in [2.05, 4.69) is 25.3 Å². The smallest absolute Gasteiger partial charge is 0.226 e. The molecule has 0 unspecified atom stereocenters. The number of nitrogens with zero attached hydrogens (tertiary/aromatic N) is 4. The largest absolute Gasteiger partial charge is 0.355 e. The van der Waals surface area contributed by atoms with Crippen LogP contribution in [0.3, 0.4) is 0 Å². The van der Waals surface area contributed by atoms with Crippen LogP contribution in [0.4, 0.5) is 0 Å². The molecule has 3 rings (SSSR count). The number of carbonyl (C=O) groups is 1. The normalized spacial score (nSPS) is 10.4.